The molecule has 0 saturated carbocycles. The lowest BCUT2D eigenvalue weighted by Gasteiger charge is -2.10. The normalized spacial score (nSPS) is 10.6. The van der Waals surface area contributed by atoms with Crippen molar-refractivity contribution in [1.82, 2.24) is 4.98 Å². The van der Waals surface area contributed by atoms with E-state index in [1.54, 1.807) is 0 Å². The highest BCUT2D eigenvalue weighted by atomic mass is 19.3. The molecule has 78 valence electrons. The highest BCUT2D eigenvalue weighted by Crippen LogP contribution is 2.32. The molecule has 1 heterocycles. The van der Waals surface area contributed by atoms with Gasteiger partial charge in [0.25, 0.3) is 6.43 Å². The van der Waals surface area contributed by atoms with Crippen molar-refractivity contribution in [3.8, 4) is 5.88 Å². The molecular weight excluding hydrogens is 194 g/mol. The van der Waals surface area contributed by atoms with Crippen LogP contribution < -0.4 is 10.5 Å². The fourth-order valence-electron chi connectivity index (χ4n) is 1.06. The van der Waals surface area contributed by atoms with Gasteiger partial charge in [0.05, 0.1) is 19.4 Å². The quantitative estimate of drug-likeness (QED) is 0.773. The van der Waals surface area contributed by atoms with Crippen LogP contribution in [-0.4, -0.2) is 17.2 Å². The number of hydrogen-bond acceptors (Lipinski definition) is 4. The fourth-order valence-corrected chi connectivity index (χ4v) is 1.06. The number of nitrogens with zero attached hydrogens (tertiary/aromatic N) is 1. The summed E-state index contributed by atoms with van der Waals surface area (Å²) in [6.45, 7) is -0.371. The Hall–Kier alpha value is -1.43. The molecule has 0 bridgehead atoms. The largest absolute Gasteiger partial charge is 0.481 e. The van der Waals surface area contributed by atoms with Gasteiger partial charge >= 0.3 is 0 Å². The van der Waals surface area contributed by atoms with Crippen LogP contribution in [0.4, 0.5) is 14.5 Å². The molecule has 0 fully saturated rings. The fraction of sp³-hybridized carbons (Fsp3) is 0.375. The van der Waals surface area contributed by atoms with Gasteiger partial charge in [-0.2, -0.15) is 0 Å². The van der Waals surface area contributed by atoms with Gasteiger partial charge in [-0.15, -0.1) is 0 Å². The Bertz CT molecular complexity index is 331. The molecule has 6 heteroatoms. The molecule has 1 aromatic rings. The number of alkyl halides is 2. The third-order valence-corrected chi connectivity index (χ3v) is 1.68. The second-order valence-corrected chi connectivity index (χ2v) is 2.58. The van der Waals surface area contributed by atoms with E-state index in [9.17, 15) is 8.78 Å². The summed E-state index contributed by atoms with van der Waals surface area (Å²) in [4.78, 5) is 3.66. The van der Waals surface area contributed by atoms with Crippen LogP contribution in [0.5, 0.6) is 5.88 Å². The average molecular weight is 204 g/mol. The number of hydrogen-bond donors (Lipinski definition) is 2. The number of anilines is 1. The zero-order chi connectivity index (χ0) is 10.7. The van der Waals surface area contributed by atoms with Crippen molar-refractivity contribution < 1.29 is 18.6 Å². The number of aliphatic hydroxyl groups excluding tert-OH is 1. The molecule has 0 aliphatic rings. The maximum atomic E-state index is 12.4. The number of aromatic nitrogens is 1. The summed E-state index contributed by atoms with van der Waals surface area (Å²) in [6.07, 6.45) is -2.75. The summed E-state index contributed by atoms with van der Waals surface area (Å²) in [5.41, 5.74) is 4.99. The second-order valence-electron chi connectivity index (χ2n) is 2.58. The van der Waals surface area contributed by atoms with Crippen LogP contribution in [-0.2, 0) is 6.61 Å². The van der Waals surface area contributed by atoms with Crippen LogP contribution in [0.15, 0.2) is 6.07 Å². The van der Waals surface area contributed by atoms with E-state index in [2.05, 4.69) is 9.72 Å². The van der Waals surface area contributed by atoms with E-state index in [1.165, 1.54) is 13.2 Å². The third-order valence-electron chi connectivity index (χ3n) is 1.68. The predicted octanol–water partition coefficient (Wildman–Crippen LogP) is 1.10. The predicted molar refractivity (Wildman–Crippen MR) is 46.1 cm³/mol. The summed E-state index contributed by atoms with van der Waals surface area (Å²) in [5.74, 6) is -0.246. The topological polar surface area (TPSA) is 68.4 Å². The molecule has 0 aliphatic carbocycles. The molecule has 0 amide bonds. The molecule has 0 aliphatic heterocycles. The highest BCUT2D eigenvalue weighted by molar-refractivity contribution is 5.53. The number of rotatable bonds is 3. The van der Waals surface area contributed by atoms with E-state index in [-0.39, 0.29) is 23.9 Å². The van der Waals surface area contributed by atoms with E-state index in [1.807, 2.05) is 0 Å². The minimum absolute atomic E-state index is 0.129. The molecule has 0 aromatic carbocycles. The number of nitrogens with two attached hydrogens (primary N) is 1. The molecule has 0 spiro atoms. The van der Waals surface area contributed by atoms with E-state index in [0.29, 0.717) is 0 Å². The summed E-state index contributed by atoms with van der Waals surface area (Å²) < 4.78 is 29.5. The Kier molecular flexibility index (Phi) is 3.19. The van der Waals surface area contributed by atoms with E-state index in [0.717, 1.165) is 0 Å². The zero-order valence-corrected chi connectivity index (χ0v) is 7.50. The molecule has 1 aromatic heterocycles. The van der Waals surface area contributed by atoms with Crippen LogP contribution in [0.3, 0.4) is 0 Å². The molecule has 0 radical (unpaired) electrons. The molecule has 14 heavy (non-hydrogen) atoms. The van der Waals surface area contributed by atoms with Crippen LogP contribution >= 0.6 is 0 Å². The maximum Gasteiger partial charge on any atom is 0.271 e. The van der Waals surface area contributed by atoms with E-state index >= 15 is 0 Å². The van der Waals surface area contributed by atoms with Gasteiger partial charge < -0.3 is 15.6 Å². The number of aliphatic hydroxyl groups is 1. The van der Waals surface area contributed by atoms with Crippen molar-refractivity contribution in [3.63, 3.8) is 0 Å². The summed E-state index contributed by atoms with van der Waals surface area (Å²) in [5, 5.41) is 8.75. The van der Waals surface area contributed by atoms with Gasteiger partial charge in [0.1, 0.15) is 5.56 Å². The Morgan fingerprint density at radius 1 is 1.64 bits per heavy atom. The monoisotopic (exact) mass is 204 g/mol. The summed E-state index contributed by atoms with van der Waals surface area (Å²) >= 11 is 0. The van der Waals surface area contributed by atoms with Gasteiger partial charge in [0, 0.05) is 5.69 Å². The molecule has 0 unspecified atom stereocenters. The van der Waals surface area contributed by atoms with Gasteiger partial charge in [0.2, 0.25) is 5.88 Å². The van der Waals surface area contributed by atoms with Crippen molar-refractivity contribution >= 4 is 5.69 Å². The second kappa shape index (κ2) is 4.19. The lowest BCUT2D eigenvalue weighted by molar-refractivity contribution is 0.146. The molecule has 4 nitrogen and oxygen atoms in total. The molecule has 0 atom stereocenters. The Morgan fingerprint density at radius 3 is 2.71 bits per heavy atom. The lowest BCUT2D eigenvalue weighted by atomic mass is 10.2. The van der Waals surface area contributed by atoms with Crippen LogP contribution in [0, 0.1) is 0 Å². The van der Waals surface area contributed by atoms with Crippen molar-refractivity contribution in [3.05, 3.63) is 17.3 Å². The minimum Gasteiger partial charge on any atom is -0.481 e. The summed E-state index contributed by atoms with van der Waals surface area (Å²) in [6, 6.07) is 1.20. The van der Waals surface area contributed by atoms with Crippen LogP contribution in [0.25, 0.3) is 0 Å². The SMILES string of the molecule is COc1nc(CO)cc(N)c1C(F)F. The van der Waals surface area contributed by atoms with E-state index in [4.69, 9.17) is 10.8 Å². The first-order valence-electron chi connectivity index (χ1n) is 3.82. The van der Waals surface area contributed by atoms with Gasteiger partial charge in [-0.3, -0.25) is 0 Å². The first-order valence-corrected chi connectivity index (χ1v) is 3.82. The number of nitrogen functional groups attached to an aromatic ring is 1. The Morgan fingerprint density at radius 2 is 2.29 bits per heavy atom. The Labute approximate surface area is 79.3 Å². The molecular formula is C8H10F2N2O2. The standard InChI is InChI=1S/C8H10F2N2O2/c1-14-8-6(7(9)10)5(11)2-4(3-13)12-8/h2,7,13H,3H2,1H3,(H2,11,12). The van der Waals surface area contributed by atoms with Gasteiger partial charge in [-0.25, -0.2) is 13.8 Å². The minimum atomic E-state index is -2.75. The van der Waals surface area contributed by atoms with Crippen molar-refractivity contribution in [1.29, 1.82) is 0 Å². The number of halogens is 2. The number of pyridine rings is 1. The Balaban J connectivity index is 3.27. The first kappa shape index (κ1) is 10.6. The molecule has 1 rings (SSSR count). The third kappa shape index (κ3) is 1.90. The molecule has 3 N–H and O–H groups in total. The smallest absolute Gasteiger partial charge is 0.271 e. The average Bonchev–Trinajstić information content (AvgIpc) is 2.15. The van der Waals surface area contributed by atoms with Crippen molar-refractivity contribution in [2.45, 2.75) is 13.0 Å². The van der Waals surface area contributed by atoms with E-state index < -0.39 is 12.0 Å². The highest BCUT2D eigenvalue weighted by Gasteiger charge is 2.19. The maximum absolute atomic E-state index is 12.4. The van der Waals surface area contributed by atoms with Crippen molar-refractivity contribution in [2.75, 3.05) is 12.8 Å². The number of ether oxygens (including phenoxy) is 1. The van der Waals surface area contributed by atoms with Gasteiger partial charge in [-0.05, 0) is 6.07 Å². The van der Waals surface area contributed by atoms with Gasteiger partial charge in [0.15, 0.2) is 0 Å². The van der Waals surface area contributed by atoms with Crippen molar-refractivity contribution in [2.24, 2.45) is 0 Å². The number of methoxy groups -OCH3 is 1. The zero-order valence-electron chi connectivity index (χ0n) is 7.50. The van der Waals surface area contributed by atoms with Crippen LogP contribution in [0.2, 0.25) is 0 Å². The first-order chi connectivity index (χ1) is 6.60. The van der Waals surface area contributed by atoms with Gasteiger partial charge in [-0.1, -0.05) is 0 Å². The van der Waals surface area contributed by atoms with Crippen LogP contribution in [0.1, 0.15) is 17.7 Å². The molecule has 0 saturated heterocycles. The lowest BCUT2D eigenvalue weighted by Crippen LogP contribution is -2.04. The summed E-state index contributed by atoms with van der Waals surface area (Å²) in [7, 11) is 1.22.